The number of nitro groups is 1. The van der Waals surface area contributed by atoms with E-state index in [1.165, 1.54) is 25.7 Å². The van der Waals surface area contributed by atoms with Crippen LogP contribution in [0.15, 0.2) is 18.2 Å². The van der Waals surface area contributed by atoms with Crippen molar-refractivity contribution in [3.8, 4) is 0 Å². The number of rotatable bonds is 7. The molecule has 0 spiro atoms. The standard InChI is InChI=1S/C22H31F3N4O3/c23-22(24,25)18-6-7-19(20(16-18)29(31)32)28-14-8-17(9-15-28)21(30)26-10-5-13-27-11-3-1-2-4-12-27/h6-7,16-17H,1-5,8-15H2,(H,26,30). The van der Waals surface area contributed by atoms with Crippen molar-refractivity contribution in [3.05, 3.63) is 33.9 Å². The van der Waals surface area contributed by atoms with Gasteiger partial charge >= 0.3 is 6.18 Å². The molecule has 0 atom stereocenters. The lowest BCUT2D eigenvalue weighted by Gasteiger charge is -2.32. The van der Waals surface area contributed by atoms with Gasteiger partial charge in [-0.05, 0) is 63.9 Å². The van der Waals surface area contributed by atoms with Gasteiger partial charge in [-0.15, -0.1) is 0 Å². The molecule has 1 aromatic rings. The van der Waals surface area contributed by atoms with Gasteiger partial charge in [0.1, 0.15) is 5.69 Å². The van der Waals surface area contributed by atoms with Crippen LogP contribution in [-0.4, -0.2) is 55.0 Å². The first kappa shape index (κ1) is 24.3. The molecule has 2 fully saturated rings. The molecule has 0 saturated carbocycles. The molecule has 0 unspecified atom stereocenters. The third-order valence-corrected chi connectivity index (χ3v) is 6.35. The summed E-state index contributed by atoms with van der Waals surface area (Å²) in [7, 11) is 0. The smallest absolute Gasteiger partial charge is 0.366 e. The van der Waals surface area contributed by atoms with Crippen LogP contribution >= 0.6 is 0 Å². The van der Waals surface area contributed by atoms with Crippen LogP contribution in [0.25, 0.3) is 0 Å². The summed E-state index contributed by atoms with van der Waals surface area (Å²) in [6.07, 6.45) is 2.35. The van der Waals surface area contributed by atoms with Crippen LogP contribution in [0, 0.1) is 16.0 Å². The number of halogens is 3. The number of benzene rings is 1. The molecule has 1 aromatic carbocycles. The number of hydrogen-bond donors (Lipinski definition) is 1. The van der Waals surface area contributed by atoms with Crippen molar-refractivity contribution in [1.29, 1.82) is 0 Å². The Bertz CT molecular complexity index is 787. The molecule has 2 aliphatic rings. The van der Waals surface area contributed by atoms with Crippen LogP contribution in [0.4, 0.5) is 24.5 Å². The fourth-order valence-electron chi connectivity index (χ4n) is 4.51. The Morgan fingerprint density at radius 1 is 1.09 bits per heavy atom. The number of hydrogen-bond acceptors (Lipinski definition) is 5. The second kappa shape index (κ2) is 11.0. The molecule has 178 valence electrons. The van der Waals surface area contributed by atoms with E-state index in [1.807, 2.05) is 0 Å². The van der Waals surface area contributed by atoms with E-state index in [9.17, 15) is 28.1 Å². The molecular formula is C22H31F3N4O3. The SMILES string of the molecule is O=C(NCCCN1CCCCCC1)C1CCN(c2ccc(C(F)(F)F)cc2[N+](=O)[O-])CC1. The van der Waals surface area contributed by atoms with E-state index in [0.29, 0.717) is 38.5 Å². The van der Waals surface area contributed by atoms with Crippen LogP contribution < -0.4 is 10.2 Å². The molecule has 2 saturated heterocycles. The second-order valence-electron chi connectivity index (χ2n) is 8.62. The summed E-state index contributed by atoms with van der Waals surface area (Å²) in [6.45, 7) is 4.64. The van der Waals surface area contributed by atoms with E-state index in [0.717, 1.165) is 38.2 Å². The Kier molecular flexibility index (Phi) is 8.33. The zero-order chi connectivity index (χ0) is 23.1. The fraction of sp³-hybridized carbons (Fsp3) is 0.682. The third kappa shape index (κ3) is 6.57. The number of piperidine rings is 1. The van der Waals surface area contributed by atoms with Crippen molar-refractivity contribution in [2.24, 2.45) is 5.92 Å². The lowest BCUT2D eigenvalue weighted by atomic mass is 9.95. The van der Waals surface area contributed by atoms with Crippen LogP contribution in [0.3, 0.4) is 0 Å². The van der Waals surface area contributed by atoms with Gasteiger partial charge in [0.2, 0.25) is 5.91 Å². The van der Waals surface area contributed by atoms with Gasteiger partial charge in [0.15, 0.2) is 0 Å². The van der Waals surface area contributed by atoms with Gasteiger partial charge in [-0.2, -0.15) is 13.2 Å². The normalized spacial score (nSPS) is 18.9. The molecule has 3 rings (SSSR count). The van der Waals surface area contributed by atoms with Gasteiger partial charge in [-0.1, -0.05) is 12.8 Å². The third-order valence-electron chi connectivity index (χ3n) is 6.35. The van der Waals surface area contributed by atoms with E-state index in [-0.39, 0.29) is 17.5 Å². The average molecular weight is 457 g/mol. The Morgan fingerprint density at radius 3 is 2.34 bits per heavy atom. The van der Waals surface area contributed by atoms with Crippen molar-refractivity contribution in [2.75, 3.05) is 44.2 Å². The van der Waals surface area contributed by atoms with E-state index in [1.54, 1.807) is 4.90 Å². The molecular weight excluding hydrogens is 425 g/mol. The number of amides is 1. The van der Waals surface area contributed by atoms with Gasteiger partial charge in [-0.3, -0.25) is 14.9 Å². The van der Waals surface area contributed by atoms with Gasteiger partial charge in [0, 0.05) is 31.6 Å². The number of carbonyl (C=O) groups is 1. The van der Waals surface area contributed by atoms with E-state index < -0.39 is 22.4 Å². The highest BCUT2D eigenvalue weighted by Gasteiger charge is 2.34. The van der Waals surface area contributed by atoms with Crippen LogP contribution in [0.2, 0.25) is 0 Å². The Labute approximate surface area is 186 Å². The predicted octanol–water partition coefficient (Wildman–Crippen LogP) is 4.21. The highest BCUT2D eigenvalue weighted by molar-refractivity contribution is 5.79. The first-order valence-corrected chi connectivity index (χ1v) is 11.4. The first-order valence-electron chi connectivity index (χ1n) is 11.4. The highest BCUT2D eigenvalue weighted by atomic mass is 19.4. The molecule has 1 N–H and O–H groups in total. The Morgan fingerprint density at radius 2 is 1.75 bits per heavy atom. The van der Waals surface area contributed by atoms with E-state index in [2.05, 4.69) is 10.2 Å². The predicted molar refractivity (Wildman–Crippen MR) is 116 cm³/mol. The largest absolute Gasteiger partial charge is 0.416 e. The lowest BCUT2D eigenvalue weighted by Crippen LogP contribution is -2.41. The average Bonchev–Trinajstić information content (AvgIpc) is 3.04. The van der Waals surface area contributed by atoms with Gasteiger partial charge in [-0.25, -0.2) is 0 Å². The van der Waals surface area contributed by atoms with Crippen LogP contribution in [0.1, 0.15) is 50.5 Å². The topological polar surface area (TPSA) is 78.7 Å². The zero-order valence-corrected chi connectivity index (χ0v) is 18.2. The molecule has 1 amide bonds. The van der Waals surface area contributed by atoms with Crippen LogP contribution in [-0.2, 0) is 11.0 Å². The van der Waals surface area contributed by atoms with Crippen molar-refractivity contribution >= 4 is 17.3 Å². The summed E-state index contributed by atoms with van der Waals surface area (Å²) in [4.78, 5) is 27.2. The molecule has 0 radical (unpaired) electrons. The maximum Gasteiger partial charge on any atom is 0.416 e. The molecule has 0 aliphatic carbocycles. The molecule has 32 heavy (non-hydrogen) atoms. The zero-order valence-electron chi connectivity index (χ0n) is 18.2. The van der Waals surface area contributed by atoms with E-state index in [4.69, 9.17) is 0 Å². The van der Waals surface area contributed by atoms with Gasteiger partial charge < -0.3 is 15.1 Å². The molecule has 2 aliphatic heterocycles. The fourth-order valence-corrected chi connectivity index (χ4v) is 4.51. The molecule has 10 heteroatoms. The molecule has 7 nitrogen and oxygen atoms in total. The maximum atomic E-state index is 12.9. The number of nitrogens with zero attached hydrogens (tertiary/aromatic N) is 3. The Hall–Kier alpha value is -2.36. The summed E-state index contributed by atoms with van der Waals surface area (Å²) in [6, 6.07) is 2.61. The lowest BCUT2D eigenvalue weighted by molar-refractivity contribution is -0.384. The number of nitro benzene ring substituents is 1. The minimum atomic E-state index is -4.64. The minimum absolute atomic E-state index is 0.0116. The number of anilines is 1. The molecule has 0 bridgehead atoms. The highest BCUT2D eigenvalue weighted by Crippen LogP contribution is 2.37. The number of likely N-dealkylation sites (tertiary alicyclic amines) is 1. The summed E-state index contributed by atoms with van der Waals surface area (Å²) in [5.41, 5.74) is -1.43. The van der Waals surface area contributed by atoms with E-state index >= 15 is 0 Å². The summed E-state index contributed by atoms with van der Waals surface area (Å²) in [5.74, 6) is -0.194. The monoisotopic (exact) mass is 456 g/mol. The second-order valence-corrected chi connectivity index (χ2v) is 8.62. The molecule has 2 heterocycles. The summed E-state index contributed by atoms with van der Waals surface area (Å²) < 4.78 is 38.7. The van der Waals surface area contributed by atoms with Crippen molar-refractivity contribution < 1.29 is 22.9 Å². The summed E-state index contributed by atoms with van der Waals surface area (Å²) in [5, 5.41) is 14.3. The van der Waals surface area contributed by atoms with Gasteiger partial charge in [0.25, 0.3) is 5.69 Å². The van der Waals surface area contributed by atoms with Crippen LogP contribution in [0.5, 0.6) is 0 Å². The Balaban J connectivity index is 1.47. The van der Waals surface area contributed by atoms with Gasteiger partial charge in [0.05, 0.1) is 10.5 Å². The maximum absolute atomic E-state index is 12.9. The van der Waals surface area contributed by atoms with Crippen molar-refractivity contribution in [2.45, 2.75) is 51.1 Å². The molecule has 0 aromatic heterocycles. The number of alkyl halides is 3. The quantitative estimate of drug-likeness (QED) is 0.378. The minimum Gasteiger partial charge on any atom is -0.366 e. The van der Waals surface area contributed by atoms with Crippen molar-refractivity contribution in [3.63, 3.8) is 0 Å². The van der Waals surface area contributed by atoms with Crippen molar-refractivity contribution in [1.82, 2.24) is 10.2 Å². The first-order chi connectivity index (χ1) is 15.3. The summed E-state index contributed by atoms with van der Waals surface area (Å²) >= 11 is 0. The number of carbonyl (C=O) groups excluding carboxylic acids is 1. The number of nitrogens with one attached hydrogen (secondary N) is 1.